The van der Waals surface area contributed by atoms with Gasteiger partial charge in [0.05, 0.1) is 0 Å². The molecule has 0 heterocycles. The summed E-state index contributed by atoms with van der Waals surface area (Å²) in [6.45, 7) is 2.44. The number of carbonyl (C=O) groups excluding carboxylic acids is 1. The minimum absolute atomic E-state index is 0.327. The van der Waals surface area contributed by atoms with Crippen molar-refractivity contribution in [2.24, 2.45) is 17.6 Å². The Morgan fingerprint density at radius 2 is 2.30 bits per heavy atom. The fraction of sp³-hybridized carbons (Fsp3) is 0.875. The molecule has 0 aromatic rings. The highest BCUT2D eigenvalue weighted by atomic mass is 16.1. The zero-order chi connectivity index (χ0) is 7.56. The lowest BCUT2D eigenvalue weighted by Gasteiger charge is -2.04. The molecule has 10 heavy (non-hydrogen) atoms. The molecular weight excluding hydrogens is 126 g/mol. The monoisotopic (exact) mass is 141 g/mol. The van der Waals surface area contributed by atoms with E-state index in [4.69, 9.17) is 5.73 Å². The SMILES string of the molecule is CC(=O)C1CCC(CN)C1. The molecule has 1 aliphatic carbocycles. The summed E-state index contributed by atoms with van der Waals surface area (Å²) in [5.74, 6) is 1.29. The molecule has 2 N–H and O–H groups in total. The van der Waals surface area contributed by atoms with Crippen LogP contribution in [-0.4, -0.2) is 12.3 Å². The molecule has 0 aromatic heterocycles. The largest absolute Gasteiger partial charge is 0.330 e. The van der Waals surface area contributed by atoms with Crippen LogP contribution >= 0.6 is 0 Å². The summed E-state index contributed by atoms with van der Waals surface area (Å²) in [7, 11) is 0. The summed E-state index contributed by atoms with van der Waals surface area (Å²) in [6, 6.07) is 0. The molecule has 0 spiro atoms. The first-order valence-electron chi connectivity index (χ1n) is 3.94. The Morgan fingerprint density at radius 1 is 1.60 bits per heavy atom. The van der Waals surface area contributed by atoms with E-state index in [1.807, 2.05) is 0 Å². The van der Waals surface area contributed by atoms with Crippen LogP contribution in [0.2, 0.25) is 0 Å². The van der Waals surface area contributed by atoms with Gasteiger partial charge in [-0.25, -0.2) is 0 Å². The summed E-state index contributed by atoms with van der Waals surface area (Å²) in [5, 5.41) is 0. The van der Waals surface area contributed by atoms with Crippen LogP contribution in [0, 0.1) is 11.8 Å². The Kier molecular flexibility index (Phi) is 2.44. The van der Waals surface area contributed by atoms with Crippen LogP contribution in [0.5, 0.6) is 0 Å². The summed E-state index contributed by atoms with van der Waals surface area (Å²) < 4.78 is 0. The number of carbonyl (C=O) groups is 1. The molecule has 0 saturated heterocycles. The van der Waals surface area contributed by atoms with Crippen molar-refractivity contribution in [2.75, 3.05) is 6.54 Å². The topological polar surface area (TPSA) is 43.1 Å². The van der Waals surface area contributed by atoms with Crippen molar-refractivity contribution in [3.8, 4) is 0 Å². The molecule has 2 heteroatoms. The Morgan fingerprint density at radius 3 is 2.60 bits per heavy atom. The fourth-order valence-corrected chi connectivity index (χ4v) is 1.66. The van der Waals surface area contributed by atoms with Crippen LogP contribution in [0.1, 0.15) is 26.2 Å². The first-order valence-corrected chi connectivity index (χ1v) is 3.94. The van der Waals surface area contributed by atoms with Crippen molar-refractivity contribution in [2.45, 2.75) is 26.2 Å². The number of nitrogens with two attached hydrogens (primary N) is 1. The third-order valence-electron chi connectivity index (χ3n) is 2.45. The van der Waals surface area contributed by atoms with Crippen molar-refractivity contribution in [3.05, 3.63) is 0 Å². The predicted octanol–water partition coefficient (Wildman–Crippen LogP) is 0.950. The zero-order valence-corrected chi connectivity index (χ0v) is 6.47. The van der Waals surface area contributed by atoms with E-state index < -0.39 is 0 Å². The molecule has 2 atom stereocenters. The Hall–Kier alpha value is -0.370. The van der Waals surface area contributed by atoms with Crippen LogP contribution in [0.3, 0.4) is 0 Å². The van der Waals surface area contributed by atoms with E-state index in [1.54, 1.807) is 6.92 Å². The second-order valence-corrected chi connectivity index (χ2v) is 3.22. The van der Waals surface area contributed by atoms with Crippen molar-refractivity contribution < 1.29 is 4.79 Å². The van der Waals surface area contributed by atoms with Gasteiger partial charge < -0.3 is 5.73 Å². The van der Waals surface area contributed by atoms with Gasteiger partial charge in [0.25, 0.3) is 0 Å². The third kappa shape index (κ3) is 1.57. The molecule has 0 radical (unpaired) electrons. The first kappa shape index (κ1) is 7.73. The Bertz CT molecular complexity index is 133. The second kappa shape index (κ2) is 3.15. The summed E-state index contributed by atoms with van der Waals surface area (Å²) in [5.41, 5.74) is 5.48. The molecule has 1 saturated carbocycles. The van der Waals surface area contributed by atoms with Crippen LogP contribution in [-0.2, 0) is 4.79 Å². The average Bonchev–Trinajstić information content (AvgIpc) is 2.34. The van der Waals surface area contributed by atoms with Crippen molar-refractivity contribution in [1.82, 2.24) is 0 Å². The van der Waals surface area contributed by atoms with E-state index in [9.17, 15) is 4.79 Å². The van der Waals surface area contributed by atoms with Crippen molar-refractivity contribution >= 4 is 5.78 Å². The lowest BCUT2D eigenvalue weighted by molar-refractivity contribution is -0.120. The molecule has 0 amide bonds. The van der Waals surface area contributed by atoms with Gasteiger partial charge in [0, 0.05) is 5.92 Å². The number of hydrogen-bond acceptors (Lipinski definition) is 2. The normalized spacial score (nSPS) is 32.6. The van der Waals surface area contributed by atoms with E-state index in [1.165, 1.54) is 0 Å². The molecular formula is C8H15NO. The minimum atomic E-state index is 0.327. The second-order valence-electron chi connectivity index (χ2n) is 3.22. The number of hydrogen-bond donors (Lipinski definition) is 1. The molecule has 0 aliphatic heterocycles. The van der Waals surface area contributed by atoms with Gasteiger partial charge in [-0.1, -0.05) is 0 Å². The van der Waals surface area contributed by atoms with Gasteiger partial charge in [0.2, 0.25) is 0 Å². The number of ketones is 1. The highest BCUT2D eigenvalue weighted by molar-refractivity contribution is 5.78. The molecule has 58 valence electrons. The molecule has 1 fully saturated rings. The lowest BCUT2D eigenvalue weighted by atomic mass is 10.0. The van der Waals surface area contributed by atoms with Gasteiger partial charge >= 0.3 is 0 Å². The average molecular weight is 141 g/mol. The number of rotatable bonds is 2. The summed E-state index contributed by atoms with van der Waals surface area (Å²) >= 11 is 0. The van der Waals surface area contributed by atoms with Gasteiger partial charge in [0.1, 0.15) is 5.78 Å². The van der Waals surface area contributed by atoms with Crippen LogP contribution < -0.4 is 5.73 Å². The van der Waals surface area contributed by atoms with Crippen LogP contribution in [0.25, 0.3) is 0 Å². The maximum atomic E-state index is 10.9. The van der Waals surface area contributed by atoms with E-state index in [-0.39, 0.29) is 0 Å². The van der Waals surface area contributed by atoms with Gasteiger partial charge in [-0.2, -0.15) is 0 Å². The smallest absolute Gasteiger partial charge is 0.132 e. The fourth-order valence-electron chi connectivity index (χ4n) is 1.66. The van der Waals surface area contributed by atoms with Crippen LogP contribution in [0.15, 0.2) is 0 Å². The molecule has 1 rings (SSSR count). The van der Waals surface area contributed by atoms with Gasteiger partial charge in [-0.05, 0) is 38.6 Å². The Labute approximate surface area is 61.8 Å². The zero-order valence-electron chi connectivity index (χ0n) is 6.47. The van der Waals surface area contributed by atoms with E-state index in [0.717, 1.165) is 25.8 Å². The molecule has 0 bridgehead atoms. The molecule has 2 unspecified atom stereocenters. The molecule has 0 aromatic carbocycles. The third-order valence-corrected chi connectivity index (χ3v) is 2.45. The van der Waals surface area contributed by atoms with Crippen LogP contribution in [0.4, 0.5) is 0 Å². The number of Topliss-reactive ketones (excluding diaryl/α,β-unsaturated/α-hetero) is 1. The lowest BCUT2D eigenvalue weighted by Crippen LogP contribution is -2.12. The molecule has 2 nitrogen and oxygen atoms in total. The summed E-state index contributed by atoms with van der Waals surface area (Å²) in [4.78, 5) is 10.9. The maximum absolute atomic E-state index is 10.9. The minimum Gasteiger partial charge on any atom is -0.330 e. The van der Waals surface area contributed by atoms with E-state index in [2.05, 4.69) is 0 Å². The van der Waals surface area contributed by atoms with Crippen molar-refractivity contribution in [1.29, 1.82) is 0 Å². The molecule has 1 aliphatic rings. The standard InChI is InChI=1S/C8H15NO/c1-6(10)8-3-2-7(4-8)5-9/h7-8H,2-5,9H2,1H3. The van der Waals surface area contributed by atoms with E-state index in [0.29, 0.717) is 17.6 Å². The summed E-state index contributed by atoms with van der Waals surface area (Å²) in [6.07, 6.45) is 3.25. The van der Waals surface area contributed by atoms with Gasteiger partial charge in [-0.3, -0.25) is 4.79 Å². The maximum Gasteiger partial charge on any atom is 0.132 e. The predicted molar refractivity (Wildman–Crippen MR) is 40.6 cm³/mol. The highest BCUT2D eigenvalue weighted by Gasteiger charge is 2.26. The Balaban J connectivity index is 2.35. The van der Waals surface area contributed by atoms with Gasteiger partial charge in [-0.15, -0.1) is 0 Å². The highest BCUT2D eigenvalue weighted by Crippen LogP contribution is 2.30. The van der Waals surface area contributed by atoms with Gasteiger partial charge in [0.15, 0.2) is 0 Å². The van der Waals surface area contributed by atoms with Crippen molar-refractivity contribution in [3.63, 3.8) is 0 Å². The first-order chi connectivity index (χ1) is 4.74. The quantitative estimate of drug-likeness (QED) is 0.622. The van der Waals surface area contributed by atoms with E-state index >= 15 is 0 Å².